The molecule has 2 amide bonds. The number of aromatic amines is 3. The molecule has 9 heterocycles. The highest BCUT2D eigenvalue weighted by Crippen LogP contribution is 2.44. The van der Waals surface area contributed by atoms with Gasteiger partial charge in [0.15, 0.2) is 70.7 Å². The number of nitrogens with one attached hydrogen (secondary N) is 5. The summed E-state index contributed by atoms with van der Waals surface area (Å²) in [7, 11) is 3.31. The maximum Gasteiger partial charge on any atom is 0.280 e. The Morgan fingerprint density at radius 1 is 0.560 bits per heavy atom. The molecule has 12 rings (SSSR count). The van der Waals surface area contributed by atoms with Crippen molar-refractivity contribution in [2.45, 2.75) is 164 Å². The van der Waals surface area contributed by atoms with Crippen molar-refractivity contribution in [3.63, 3.8) is 0 Å². The average Bonchev–Trinajstić information content (AvgIpc) is 1.24. The largest absolute Gasteiger partial charge is 0.497 e. The number of carbonyl (C=O) groups excluding carboxylic acids is 2. The molecule has 0 unspecified atom stereocenters. The Morgan fingerprint density at radius 2 is 0.880 bits per heavy atom. The number of nitrogen functional groups attached to an aromatic ring is 1. The quantitative estimate of drug-likeness (QED) is 0.0352. The lowest BCUT2D eigenvalue weighted by atomic mass is 9.84. The van der Waals surface area contributed by atoms with Crippen LogP contribution in [0.1, 0.15) is 121 Å². The van der Waals surface area contributed by atoms with E-state index in [0.717, 1.165) is 39.1 Å². The van der Waals surface area contributed by atoms with E-state index >= 15 is 0 Å². The van der Waals surface area contributed by atoms with E-state index in [1.54, 1.807) is 48.8 Å². The number of aliphatic hydroxyl groups is 5. The SMILES string of the molecule is C.C.C.C.C.C.CC(C)C(=O)Nc1nc2c(ncn2[C@@H]2O[C@H](CO)[C@@H](O)[C@@H]2F)c(=O)[nH]1.CC[C@H]1O[C@@H](n2cnc3c(=O)[nH]c(NC(=O)C(C)C)nc32)[C@@H](F)[C@@H]1O.COc1ccc(C(Cl)(c2ccccc2)c2ccc(OC)cc2)cc1.Nc1nc2c(ncn2[C@@H]2O[C@H](CO)[C@@H](O)[C@@H]2F)c(=O)[nH]1. The lowest BCUT2D eigenvalue weighted by Gasteiger charge is -2.29. The third-order valence-electron chi connectivity index (χ3n) is 15.5. The van der Waals surface area contributed by atoms with Crippen LogP contribution in [-0.2, 0) is 28.7 Å². The van der Waals surface area contributed by atoms with Crippen molar-refractivity contribution in [1.82, 2.24) is 58.6 Å². The van der Waals surface area contributed by atoms with Crippen molar-refractivity contribution >= 4 is 74.8 Å². The highest BCUT2D eigenvalue weighted by molar-refractivity contribution is 6.28. The fourth-order valence-electron chi connectivity index (χ4n) is 10.2. The number of halogens is 4. The third kappa shape index (κ3) is 17.5. The maximum atomic E-state index is 14.4. The van der Waals surface area contributed by atoms with E-state index in [9.17, 15) is 52.5 Å². The zero-order valence-corrected chi connectivity index (χ0v) is 52.1. The summed E-state index contributed by atoms with van der Waals surface area (Å²) < 4.78 is 72.9. The number of ether oxygens (including phenoxy) is 5. The molecular weight excluding hydrogens is 1340 g/mol. The van der Waals surface area contributed by atoms with Crippen LogP contribution in [-0.4, -0.2) is 178 Å². The lowest BCUT2D eigenvalue weighted by molar-refractivity contribution is -0.119. The molecule has 550 valence electrons. The van der Waals surface area contributed by atoms with Crippen LogP contribution in [0.2, 0.25) is 0 Å². The fraction of sp³-hybridized carbons (Fsp3) is 0.470. The number of methoxy groups -OCH3 is 2. The number of fused-ring (bicyclic) bond motifs is 3. The number of anilines is 3. The number of amides is 2. The molecule has 3 aliphatic heterocycles. The van der Waals surface area contributed by atoms with Crippen LogP contribution >= 0.6 is 11.6 Å². The number of nitrogens with two attached hydrogens (primary N) is 1. The lowest BCUT2D eigenvalue weighted by Crippen LogP contribution is -2.30. The second kappa shape index (κ2) is 36.2. The summed E-state index contributed by atoms with van der Waals surface area (Å²) >= 11 is 7.22. The molecule has 0 radical (unpaired) electrons. The van der Waals surface area contributed by atoms with E-state index < -0.39 is 109 Å². The molecule has 12 atom stereocenters. The number of hydrogen-bond acceptors (Lipinski definition) is 22. The fourth-order valence-corrected chi connectivity index (χ4v) is 10.6. The first kappa shape index (κ1) is 85.0. The molecular formula is C66H93ClF3N15O15. The predicted molar refractivity (Wildman–Crippen MR) is 373 cm³/mol. The van der Waals surface area contributed by atoms with Gasteiger partial charge in [-0.3, -0.25) is 63.3 Å². The number of H-pyrrole nitrogens is 3. The first-order chi connectivity index (χ1) is 44.9. The van der Waals surface area contributed by atoms with Crippen molar-refractivity contribution in [2.24, 2.45) is 11.8 Å². The van der Waals surface area contributed by atoms with E-state index in [-0.39, 0.29) is 120 Å². The van der Waals surface area contributed by atoms with Crippen LogP contribution < -0.4 is 42.5 Å². The zero-order valence-electron chi connectivity index (χ0n) is 51.4. The molecule has 12 N–H and O–H groups in total. The normalized spacial score (nSPS) is 21.9. The van der Waals surface area contributed by atoms with E-state index in [1.807, 2.05) is 78.9 Å². The molecule has 100 heavy (non-hydrogen) atoms. The van der Waals surface area contributed by atoms with Crippen molar-refractivity contribution in [3.8, 4) is 11.5 Å². The van der Waals surface area contributed by atoms with Gasteiger partial charge in [-0.15, -0.1) is 11.6 Å². The summed E-state index contributed by atoms with van der Waals surface area (Å²) in [6, 6.07) is 25.8. The minimum absolute atomic E-state index is 0. The summed E-state index contributed by atoms with van der Waals surface area (Å²) in [5.74, 6) is -0.0116. The summed E-state index contributed by atoms with van der Waals surface area (Å²) in [4.78, 5) is 89.5. The molecule has 3 saturated heterocycles. The van der Waals surface area contributed by atoms with Gasteiger partial charge in [-0.25, -0.2) is 28.1 Å². The molecule has 9 aromatic rings. The molecule has 0 saturated carbocycles. The number of alkyl halides is 4. The smallest absolute Gasteiger partial charge is 0.280 e. The van der Waals surface area contributed by atoms with Crippen LogP contribution in [0.5, 0.6) is 11.5 Å². The van der Waals surface area contributed by atoms with Gasteiger partial charge >= 0.3 is 0 Å². The number of rotatable bonds is 15. The van der Waals surface area contributed by atoms with Crippen molar-refractivity contribution < 1.29 is 72.0 Å². The van der Waals surface area contributed by atoms with Gasteiger partial charge in [0.2, 0.25) is 29.7 Å². The number of hydrogen-bond donors (Lipinski definition) is 11. The minimum atomic E-state index is -1.84. The van der Waals surface area contributed by atoms with Gasteiger partial charge in [-0.05, 0) is 47.4 Å². The van der Waals surface area contributed by atoms with Gasteiger partial charge in [0.1, 0.15) is 46.9 Å². The van der Waals surface area contributed by atoms with Gasteiger partial charge in [0, 0.05) is 11.8 Å². The molecule has 0 aliphatic carbocycles. The van der Waals surface area contributed by atoms with Crippen LogP contribution in [0, 0.1) is 11.8 Å². The first-order valence-electron chi connectivity index (χ1n) is 29.3. The Balaban J connectivity index is 0.000000341. The minimum Gasteiger partial charge on any atom is -0.497 e. The molecule has 34 heteroatoms. The number of benzene rings is 3. The van der Waals surface area contributed by atoms with Gasteiger partial charge < -0.3 is 55.0 Å². The molecule has 6 aromatic heterocycles. The van der Waals surface area contributed by atoms with Crippen LogP contribution in [0.4, 0.5) is 31.0 Å². The first-order valence-corrected chi connectivity index (χ1v) is 29.7. The Kier molecular flexibility index (Phi) is 30.8. The monoisotopic (exact) mass is 1430 g/mol. The van der Waals surface area contributed by atoms with Crippen molar-refractivity contribution in [2.75, 3.05) is 43.8 Å². The van der Waals surface area contributed by atoms with Gasteiger partial charge in [-0.1, -0.05) is 134 Å². The summed E-state index contributed by atoms with van der Waals surface area (Å²) in [5.41, 5.74) is 6.70. The van der Waals surface area contributed by atoms with E-state index in [4.69, 9.17) is 51.2 Å². The maximum absolute atomic E-state index is 14.4. The summed E-state index contributed by atoms with van der Waals surface area (Å²) in [6.45, 7) is 7.43. The Bertz CT molecular complexity index is 4090. The number of aliphatic hydroxyl groups excluding tert-OH is 5. The number of nitrogens with zero attached hydrogens (tertiary/aromatic N) is 9. The predicted octanol–water partition coefficient (Wildman–Crippen LogP) is 7.36. The molecule has 0 bridgehead atoms. The van der Waals surface area contributed by atoms with Gasteiger partial charge in [0.05, 0.1) is 52.5 Å². The van der Waals surface area contributed by atoms with Crippen molar-refractivity contribution in [1.29, 1.82) is 0 Å². The van der Waals surface area contributed by atoms with E-state index in [0.29, 0.717) is 6.42 Å². The number of carbonyl (C=O) groups is 2. The molecule has 3 aromatic carbocycles. The molecule has 3 fully saturated rings. The van der Waals surface area contributed by atoms with Gasteiger partial charge in [0.25, 0.3) is 16.7 Å². The standard InChI is InChI=1S/C21H19ClO2.C15H20FN5O4.C14H18FN5O5.C10H12FN5O4.6CH4/c1-23-19-12-8-17(9-13-19)21(22,16-6-4-3-5-7-16)18-10-14-20(24-2)15-11-18;1-4-7-10(22)8(16)14(25-7)21-5-17-9-11(21)18-15(20-13(9)24)19-12(23)6(2)3;1-5(2)11(23)18-14-17-10-8(12(24)19-14)16-4-20(10)13-7(15)9(22)6(3-21)25-13;11-4-6(18)3(1-17)20-9(4)16-2-13-5-7(16)14-10(12)15-8(5)19;;;;;;/h3-15H,1-2H3;5-8,10,14,22H,4H2,1-3H3,(H2,18,19,20,23,24);4-7,9,13,21-22H,3H2,1-2H3,(H2,17,18,19,23,24);2-4,6,9,17-18H,1H2,(H3,12,14,15,19);6*1H4/t;7-,8+,10-,14-;6-,7+,9-,13-;3-,4+,6-,9-;;;;;;/m.111....../s1. The number of aromatic nitrogens is 12. The topological polar surface area (TPSA) is 422 Å². The van der Waals surface area contributed by atoms with Crippen molar-refractivity contribution in [3.05, 3.63) is 146 Å². The number of imidazole rings is 3. The average molecular weight is 1430 g/mol. The third-order valence-corrected chi connectivity index (χ3v) is 16.1. The zero-order chi connectivity index (χ0) is 68.0. The molecule has 0 spiro atoms. The van der Waals surface area contributed by atoms with E-state index in [1.165, 1.54) is 21.8 Å². The van der Waals surface area contributed by atoms with Crippen LogP contribution in [0.3, 0.4) is 0 Å². The highest BCUT2D eigenvalue weighted by atomic mass is 35.5. The van der Waals surface area contributed by atoms with Crippen LogP contribution in [0.25, 0.3) is 33.5 Å². The van der Waals surface area contributed by atoms with E-state index in [2.05, 4.69) is 55.5 Å². The Hall–Kier alpha value is -9.19. The Morgan fingerprint density at radius 3 is 1.19 bits per heavy atom. The molecule has 30 nitrogen and oxygen atoms in total. The summed E-state index contributed by atoms with van der Waals surface area (Å²) in [6.07, 6.45) is -12.0. The molecule has 3 aliphatic rings. The highest BCUT2D eigenvalue weighted by Gasteiger charge is 2.48. The summed E-state index contributed by atoms with van der Waals surface area (Å²) in [5, 5.41) is 52.3. The Labute approximate surface area is 580 Å². The van der Waals surface area contributed by atoms with Gasteiger partial charge in [-0.2, -0.15) is 15.0 Å². The second-order valence-corrected chi connectivity index (χ2v) is 22.9. The second-order valence-electron chi connectivity index (χ2n) is 22.3. The van der Waals surface area contributed by atoms with Crippen LogP contribution in [0.15, 0.2) is 112 Å².